The fourth-order valence-electron chi connectivity index (χ4n) is 1.24. The van der Waals surface area contributed by atoms with Crippen molar-refractivity contribution in [2.45, 2.75) is 33.7 Å². The molecular weight excluding hydrogens is 214 g/mol. The largest absolute Gasteiger partial charge is 0.464 e. The van der Waals surface area contributed by atoms with E-state index in [0.717, 1.165) is 17.1 Å². The number of furan rings is 1. The first-order valence-corrected chi connectivity index (χ1v) is 4.82. The van der Waals surface area contributed by atoms with E-state index in [0.29, 0.717) is 0 Å². The van der Waals surface area contributed by atoms with E-state index < -0.39 is 0 Å². The zero-order chi connectivity index (χ0) is 10.9. The minimum absolute atomic E-state index is 0. The van der Waals surface area contributed by atoms with Crippen molar-refractivity contribution in [3.8, 4) is 0 Å². The van der Waals surface area contributed by atoms with Crippen LogP contribution in [-0.4, -0.2) is 11.7 Å². The summed E-state index contributed by atoms with van der Waals surface area (Å²) in [6.45, 7) is 7.79. The van der Waals surface area contributed by atoms with Gasteiger partial charge in [0.1, 0.15) is 11.5 Å². The molecule has 0 fully saturated rings. The average molecular weight is 234 g/mol. The fourth-order valence-corrected chi connectivity index (χ4v) is 1.24. The molecule has 88 valence electrons. The minimum Gasteiger partial charge on any atom is -0.464 e. The summed E-state index contributed by atoms with van der Waals surface area (Å²) in [6, 6.07) is 1.68. The molecule has 1 heterocycles. The summed E-state index contributed by atoms with van der Waals surface area (Å²) in [5.74, 6) is 1.64. The second kappa shape index (κ2) is 5.01. The lowest BCUT2D eigenvalue weighted by atomic mass is 9.84. The van der Waals surface area contributed by atoms with Crippen molar-refractivity contribution in [2.24, 2.45) is 11.1 Å². The molecule has 1 aromatic rings. The van der Waals surface area contributed by atoms with Gasteiger partial charge in [-0.2, -0.15) is 0 Å². The third kappa shape index (κ3) is 2.97. The molecule has 4 heteroatoms. The maximum Gasteiger partial charge on any atom is 0.121 e. The Kier molecular flexibility index (Phi) is 4.84. The molecule has 1 aromatic heterocycles. The predicted octanol–water partition coefficient (Wildman–Crippen LogP) is 2.34. The predicted molar refractivity (Wildman–Crippen MR) is 63.2 cm³/mol. The van der Waals surface area contributed by atoms with Crippen LogP contribution in [0.25, 0.3) is 0 Å². The first-order chi connectivity index (χ1) is 6.38. The van der Waals surface area contributed by atoms with Crippen molar-refractivity contribution in [1.82, 2.24) is 0 Å². The second-order valence-electron chi connectivity index (χ2n) is 4.51. The first kappa shape index (κ1) is 14.5. The second-order valence-corrected chi connectivity index (χ2v) is 4.51. The lowest BCUT2D eigenvalue weighted by Crippen LogP contribution is -2.32. The summed E-state index contributed by atoms with van der Waals surface area (Å²) >= 11 is 0. The zero-order valence-electron chi connectivity index (χ0n) is 9.70. The van der Waals surface area contributed by atoms with Crippen LogP contribution >= 0.6 is 12.4 Å². The van der Waals surface area contributed by atoms with Gasteiger partial charge < -0.3 is 15.3 Å². The summed E-state index contributed by atoms with van der Waals surface area (Å²) in [5, 5.41) is 9.18. The Morgan fingerprint density at radius 2 is 2.00 bits per heavy atom. The fraction of sp³-hybridized carbons (Fsp3) is 0.636. The van der Waals surface area contributed by atoms with Crippen molar-refractivity contribution < 1.29 is 9.52 Å². The molecule has 1 rings (SSSR count). The van der Waals surface area contributed by atoms with Crippen LogP contribution in [-0.2, 0) is 0 Å². The van der Waals surface area contributed by atoms with Crippen LogP contribution < -0.4 is 5.73 Å². The summed E-state index contributed by atoms with van der Waals surface area (Å²) in [7, 11) is 0. The minimum atomic E-state index is -0.350. The number of halogens is 1. The molecule has 0 saturated carbocycles. The van der Waals surface area contributed by atoms with Crippen molar-refractivity contribution in [2.75, 3.05) is 6.61 Å². The molecule has 0 spiro atoms. The molecule has 0 aliphatic rings. The van der Waals surface area contributed by atoms with E-state index in [9.17, 15) is 5.11 Å². The van der Waals surface area contributed by atoms with Crippen LogP contribution in [0.5, 0.6) is 0 Å². The van der Waals surface area contributed by atoms with Gasteiger partial charge in [-0.15, -0.1) is 12.4 Å². The first-order valence-electron chi connectivity index (χ1n) is 4.82. The van der Waals surface area contributed by atoms with E-state index in [2.05, 4.69) is 0 Å². The third-order valence-electron chi connectivity index (χ3n) is 2.74. The molecule has 0 radical (unpaired) electrons. The summed E-state index contributed by atoms with van der Waals surface area (Å²) in [4.78, 5) is 0. The number of hydrogen-bond acceptors (Lipinski definition) is 3. The highest BCUT2D eigenvalue weighted by molar-refractivity contribution is 5.85. The Hall–Kier alpha value is -0.510. The highest BCUT2D eigenvalue weighted by Gasteiger charge is 2.29. The maximum atomic E-state index is 9.18. The van der Waals surface area contributed by atoms with Crippen LogP contribution in [0, 0.1) is 19.3 Å². The van der Waals surface area contributed by atoms with E-state index in [1.54, 1.807) is 0 Å². The van der Waals surface area contributed by atoms with Gasteiger partial charge in [-0.05, 0) is 25.5 Å². The van der Waals surface area contributed by atoms with Crippen LogP contribution in [0.2, 0.25) is 0 Å². The van der Waals surface area contributed by atoms with Crippen LogP contribution in [0.1, 0.15) is 37.0 Å². The Bertz CT molecular complexity index is 301. The molecule has 0 unspecified atom stereocenters. The van der Waals surface area contributed by atoms with Crippen LogP contribution in [0.4, 0.5) is 0 Å². The maximum absolute atomic E-state index is 9.18. The van der Waals surface area contributed by atoms with E-state index >= 15 is 0 Å². The summed E-state index contributed by atoms with van der Waals surface area (Å²) < 4.78 is 5.53. The highest BCUT2D eigenvalue weighted by atomic mass is 35.5. The Morgan fingerprint density at radius 1 is 1.47 bits per heavy atom. The number of aliphatic hydroxyl groups excluding tert-OH is 1. The smallest absolute Gasteiger partial charge is 0.121 e. The lowest BCUT2D eigenvalue weighted by molar-refractivity contribution is 0.122. The number of aliphatic hydroxyl groups is 1. The van der Waals surface area contributed by atoms with E-state index in [4.69, 9.17) is 10.2 Å². The van der Waals surface area contributed by atoms with Crippen LogP contribution in [0.3, 0.4) is 0 Å². The van der Waals surface area contributed by atoms with Crippen molar-refractivity contribution in [3.05, 3.63) is 23.2 Å². The van der Waals surface area contributed by atoms with Crippen molar-refractivity contribution in [1.29, 1.82) is 0 Å². The molecule has 0 aliphatic heterocycles. The number of hydrogen-bond donors (Lipinski definition) is 2. The van der Waals surface area contributed by atoms with Gasteiger partial charge in [-0.1, -0.05) is 13.8 Å². The van der Waals surface area contributed by atoms with E-state index in [1.165, 1.54) is 0 Å². The van der Waals surface area contributed by atoms with Gasteiger partial charge in [0, 0.05) is 5.41 Å². The summed E-state index contributed by atoms with van der Waals surface area (Å²) in [6.07, 6.45) is 0. The topological polar surface area (TPSA) is 59.4 Å². The normalized spacial score (nSPS) is 13.5. The highest BCUT2D eigenvalue weighted by Crippen LogP contribution is 2.32. The quantitative estimate of drug-likeness (QED) is 0.843. The van der Waals surface area contributed by atoms with E-state index in [-0.39, 0.29) is 30.5 Å². The van der Waals surface area contributed by atoms with Gasteiger partial charge in [0.2, 0.25) is 0 Å². The molecule has 0 saturated heterocycles. The molecule has 0 amide bonds. The molecule has 0 bridgehead atoms. The molecule has 3 nitrogen and oxygen atoms in total. The van der Waals surface area contributed by atoms with E-state index in [1.807, 2.05) is 33.8 Å². The van der Waals surface area contributed by atoms with Gasteiger partial charge in [0.05, 0.1) is 12.6 Å². The van der Waals surface area contributed by atoms with Gasteiger partial charge in [-0.3, -0.25) is 0 Å². The Labute approximate surface area is 97.1 Å². The number of aryl methyl sites for hydroxylation is 2. The standard InChI is InChI=1S/C11H19NO2.ClH/c1-7-5-9(14-8(7)2)10(12)11(3,4)6-13;/h5,10,13H,6,12H2,1-4H3;1H/t10-;/m0./s1. The third-order valence-corrected chi connectivity index (χ3v) is 2.74. The number of nitrogens with two attached hydrogens (primary N) is 1. The van der Waals surface area contributed by atoms with Gasteiger partial charge in [0.15, 0.2) is 0 Å². The monoisotopic (exact) mass is 233 g/mol. The molecule has 15 heavy (non-hydrogen) atoms. The molecule has 3 N–H and O–H groups in total. The zero-order valence-corrected chi connectivity index (χ0v) is 10.5. The van der Waals surface area contributed by atoms with Crippen molar-refractivity contribution >= 4 is 12.4 Å². The van der Waals surface area contributed by atoms with Gasteiger partial charge >= 0.3 is 0 Å². The SMILES string of the molecule is Cc1cc([C@H](N)C(C)(C)CO)oc1C.Cl. The molecule has 1 atom stereocenters. The summed E-state index contributed by atoms with van der Waals surface area (Å²) in [5.41, 5.74) is 6.76. The Balaban J connectivity index is 0.00000196. The molecular formula is C11H20ClNO2. The number of rotatable bonds is 3. The Morgan fingerprint density at radius 3 is 2.33 bits per heavy atom. The lowest BCUT2D eigenvalue weighted by Gasteiger charge is -2.27. The van der Waals surface area contributed by atoms with Crippen LogP contribution in [0.15, 0.2) is 10.5 Å². The molecule has 0 aliphatic carbocycles. The average Bonchev–Trinajstić information content (AvgIpc) is 2.45. The van der Waals surface area contributed by atoms with Crippen molar-refractivity contribution in [3.63, 3.8) is 0 Å². The van der Waals surface area contributed by atoms with Gasteiger partial charge in [-0.25, -0.2) is 0 Å². The van der Waals surface area contributed by atoms with Gasteiger partial charge in [0.25, 0.3) is 0 Å². The molecule has 0 aromatic carbocycles.